The second kappa shape index (κ2) is 5.82. The largest absolute Gasteiger partial charge is 0.394 e. The van der Waals surface area contributed by atoms with Gasteiger partial charge in [-0.05, 0) is 17.5 Å². The highest BCUT2D eigenvalue weighted by atomic mass is 16.3. The van der Waals surface area contributed by atoms with Gasteiger partial charge >= 0.3 is 6.03 Å². The van der Waals surface area contributed by atoms with Gasteiger partial charge in [-0.3, -0.25) is 4.98 Å². The topological polar surface area (TPSA) is 65.5 Å². The molecule has 1 aromatic rings. The lowest BCUT2D eigenvalue weighted by Crippen LogP contribution is -2.48. The fraction of sp³-hybridized carbons (Fsp3) is 0.538. The number of hydrogen-bond donors (Lipinski definition) is 2. The Kier molecular flexibility index (Phi) is 4.67. The van der Waals surface area contributed by atoms with Crippen LogP contribution < -0.4 is 5.32 Å². The molecule has 2 amide bonds. The summed E-state index contributed by atoms with van der Waals surface area (Å²) in [5, 5.41) is 12.2. The van der Waals surface area contributed by atoms with Gasteiger partial charge in [0.2, 0.25) is 0 Å². The predicted octanol–water partition coefficient (Wildman–Crippen LogP) is 1.95. The fourth-order valence-electron chi connectivity index (χ4n) is 1.77. The van der Waals surface area contributed by atoms with E-state index in [0.29, 0.717) is 5.69 Å². The number of aliphatic hydroxyl groups is 1. The third-order valence-electron chi connectivity index (χ3n) is 2.87. The van der Waals surface area contributed by atoms with Gasteiger partial charge in [-0.2, -0.15) is 0 Å². The van der Waals surface area contributed by atoms with Crippen LogP contribution in [-0.2, 0) is 0 Å². The normalized spacial score (nSPS) is 12.9. The Balaban J connectivity index is 2.72. The number of anilines is 1. The summed E-state index contributed by atoms with van der Waals surface area (Å²) in [5.74, 6) is 0. The Labute approximate surface area is 108 Å². The average molecular weight is 251 g/mol. The Morgan fingerprint density at radius 3 is 2.67 bits per heavy atom. The van der Waals surface area contributed by atoms with Crippen LogP contribution >= 0.6 is 0 Å². The number of aromatic nitrogens is 1. The zero-order valence-electron chi connectivity index (χ0n) is 11.3. The molecule has 1 rings (SSSR count). The maximum absolute atomic E-state index is 12.0. The number of likely N-dealkylation sites (N-methyl/N-ethyl adjacent to an activating group) is 1. The van der Waals surface area contributed by atoms with E-state index in [4.69, 9.17) is 0 Å². The number of nitrogens with zero attached hydrogens (tertiary/aromatic N) is 2. The number of carbonyl (C=O) groups excluding carboxylic acids is 1. The first-order valence-electron chi connectivity index (χ1n) is 5.91. The van der Waals surface area contributed by atoms with Crippen LogP contribution in [0.15, 0.2) is 24.5 Å². The van der Waals surface area contributed by atoms with Gasteiger partial charge in [0, 0.05) is 13.2 Å². The SMILES string of the molecule is CN(C(=O)Nc1cccnc1)C(CO)C(C)(C)C. The van der Waals surface area contributed by atoms with Crippen molar-refractivity contribution in [2.45, 2.75) is 26.8 Å². The highest BCUT2D eigenvalue weighted by Gasteiger charge is 2.30. The smallest absolute Gasteiger partial charge is 0.321 e. The van der Waals surface area contributed by atoms with Crippen molar-refractivity contribution in [1.82, 2.24) is 9.88 Å². The molecule has 0 fully saturated rings. The van der Waals surface area contributed by atoms with Crippen LogP contribution in [0.1, 0.15) is 20.8 Å². The van der Waals surface area contributed by atoms with E-state index in [0.717, 1.165) is 0 Å². The molecule has 1 atom stereocenters. The second-order valence-electron chi connectivity index (χ2n) is 5.35. The van der Waals surface area contributed by atoms with Gasteiger partial charge in [0.1, 0.15) is 0 Å². The molecule has 18 heavy (non-hydrogen) atoms. The summed E-state index contributed by atoms with van der Waals surface area (Å²) < 4.78 is 0. The van der Waals surface area contributed by atoms with Crippen molar-refractivity contribution in [3.63, 3.8) is 0 Å². The van der Waals surface area contributed by atoms with E-state index in [-0.39, 0.29) is 24.1 Å². The van der Waals surface area contributed by atoms with Gasteiger partial charge in [0.05, 0.1) is 24.5 Å². The molecule has 0 aliphatic rings. The summed E-state index contributed by atoms with van der Waals surface area (Å²) >= 11 is 0. The van der Waals surface area contributed by atoms with Crippen molar-refractivity contribution in [3.8, 4) is 0 Å². The van der Waals surface area contributed by atoms with E-state index < -0.39 is 0 Å². The van der Waals surface area contributed by atoms with Crippen molar-refractivity contribution in [2.75, 3.05) is 19.0 Å². The number of carbonyl (C=O) groups is 1. The molecule has 0 bridgehead atoms. The lowest BCUT2D eigenvalue weighted by Gasteiger charge is -2.36. The molecule has 0 aromatic carbocycles. The molecular weight excluding hydrogens is 230 g/mol. The van der Waals surface area contributed by atoms with Gasteiger partial charge in [-0.25, -0.2) is 4.79 Å². The predicted molar refractivity (Wildman–Crippen MR) is 71.3 cm³/mol. The molecule has 0 saturated heterocycles. The molecular formula is C13H21N3O2. The Morgan fingerprint density at radius 2 is 2.22 bits per heavy atom. The number of amides is 2. The van der Waals surface area contributed by atoms with E-state index in [2.05, 4.69) is 10.3 Å². The van der Waals surface area contributed by atoms with E-state index in [9.17, 15) is 9.90 Å². The second-order valence-corrected chi connectivity index (χ2v) is 5.35. The Bertz CT molecular complexity index is 387. The Hall–Kier alpha value is -1.62. The summed E-state index contributed by atoms with van der Waals surface area (Å²) in [6.07, 6.45) is 3.22. The maximum atomic E-state index is 12.0. The molecule has 0 aliphatic heterocycles. The van der Waals surface area contributed by atoms with Gasteiger partial charge in [0.15, 0.2) is 0 Å². The number of aliphatic hydroxyl groups excluding tert-OH is 1. The Morgan fingerprint density at radius 1 is 1.56 bits per heavy atom. The van der Waals surface area contributed by atoms with Crippen LogP contribution in [0.25, 0.3) is 0 Å². The standard InChI is InChI=1S/C13H21N3O2/c1-13(2,3)11(9-17)16(4)12(18)15-10-6-5-7-14-8-10/h5-8,11,17H,9H2,1-4H3,(H,15,18). The first kappa shape index (κ1) is 14.4. The van der Waals surface area contributed by atoms with Crippen molar-refractivity contribution < 1.29 is 9.90 Å². The monoisotopic (exact) mass is 251 g/mol. The van der Waals surface area contributed by atoms with Gasteiger partial charge in [-0.1, -0.05) is 20.8 Å². The fourth-order valence-corrected chi connectivity index (χ4v) is 1.77. The molecule has 5 nitrogen and oxygen atoms in total. The van der Waals surface area contributed by atoms with Crippen molar-refractivity contribution in [2.24, 2.45) is 5.41 Å². The minimum absolute atomic E-state index is 0.0690. The molecule has 100 valence electrons. The number of rotatable bonds is 3. The maximum Gasteiger partial charge on any atom is 0.321 e. The minimum Gasteiger partial charge on any atom is -0.394 e. The number of urea groups is 1. The summed E-state index contributed by atoms with van der Waals surface area (Å²) in [6, 6.07) is 3.03. The van der Waals surface area contributed by atoms with Crippen molar-refractivity contribution in [3.05, 3.63) is 24.5 Å². The van der Waals surface area contributed by atoms with Crippen LogP contribution in [0.3, 0.4) is 0 Å². The van der Waals surface area contributed by atoms with Gasteiger partial charge in [0.25, 0.3) is 0 Å². The van der Waals surface area contributed by atoms with Crippen LogP contribution in [0, 0.1) is 5.41 Å². The summed E-state index contributed by atoms with van der Waals surface area (Å²) in [6.45, 7) is 5.89. The van der Waals surface area contributed by atoms with E-state index >= 15 is 0 Å². The van der Waals surface area contributed by atoms with Crippen LogP contribution in [0.5, 0.6) is 0 Å². The first-order chi connectivity index (χ1) is 8.36. The van der Waals surface area contributed by atoms with E-state index in [1.54, 1.807) is 31.6 Å². The van der Waals surface area contributed by atoms with Crippen molar-refractivity contribution >= 4 is 11.7 Å². The van der Waals surface area contributed by atoms with Gasteiger partial charge in [-0.15, -0.1) is 0 Å². The van der Waals surface area contributed by atoms with E-state index in [1.807, 2.05) is 20.8 Å². The highest BCUT2D eigenvalue weighted by Crippen LogP contribution is 2.23. The summed E-state index contributed by atoms with van der Waals surface area (Å²) in [5.41, 5.74) is 0.454. The molecule has 5 heteroatoms. The molecule has 0 saturated carbocycles. The van der Waals surface area contributed by atoms with Crippen LogP contribution in [0.2, 0.25) is 0 Å². The number of pyridine rings is 1. The summed E-state index contributed by atoms with van der Waals surface area (Å²) in [4.78, 5) is 17.5. The third kappa shape index (κ3) is 3.70. The number of hydrogen-bond acceptors (Lipinski definition) is 3. The molecule has 0 radical (unpaired) electrons. The average Bonchev–Trinajstić information content (AvgIpc) is 2.29. The molecule has 1 unspecified atom stereocenters. The molecule has 1 aromatic heterocycles. The zero-order chi connectivity index (χ0) is 13.8. The molecule has 0 spiro atoms. The first-order valence-corrected chi connectivity index (χ1v) is 5.91. The third-order valence-corrected chi connectivity index (χ3v) is 2.87. The number of nitrogens with one attached hydrogen (secondary N) is 1. The highest BCUT2D eigenvalue weighted by molar-refractivity contribution is 5.89. The summed E-state index contributed by atoms with van der Waals surface area (Å²) in [7, 11) is 1.68. The molecule has 0 aliphatic carbocycles. The zero-order valence-corrected chi connectivity index (χ0v) is 11.3. The van der Waals surface area contributed by atoms with Crippen LogP contribution in [-0.4, -0.2) is 40.7 Å². The van der Waals surface area contributed by atoms with Crippen molar-refractivity contribution in [1.29, 1.82) is 0 Å². The lowest BCUT2D eigenvalue weighted by atomic mass is 9.86. The van der Waals surface area contributed by atoms with Gasteiger partial charge < -0.3 is 15.3 Å². The minimum atomic E-state index is -0.253. The van der Waals surface area contributed by atoms with Crippen LogP contribution in [0.4, 0.5) is 10.5 Å². The molecule has 1 heterocycles. The lowest BCUT2D eigenvalue weighted by molar-refractivity contribution is 0.0886. The quantitative estimate of drug-likeness (QED) is 0.863. The van der Waals surface area contributed by atoms with E-state index in [1.165, 1.54) is 4.90 Å². The molecule has 2 N–H and O–H groups in total.